The summed E-state index contributed by atoms with van der Waals surface area (Å²) in [6.45, 7) is 0.335. The van der Waals surface area contributed by atoms with E-state index < -0.39 is 21.9 Å². The molecule has 0 unspecified atom stereocenters. The van der Waals surface area contributed by atoms with Gasteiger partial charge in [0.25, 0.3) is 5.91 Å². The van der Waals surface area contributed by atoms with E-state index in [1.165, 1.54) is 41.7 Å². The number of carbonyl (C=O) groups excluding carboxylic acids is 2. The summed E-state index contributed by atoms with van der Waals surface area (Å²) in [5, 5.41) is 2.98. The fraction of sp³-hybridized carbons (Fsp3) is 0.263. The zero-order chi connectivity index (χ0) is 20.3. The second kappa shape index (κ2) is 8.20. The van der Waals surface area contributed by atoms with Gasteiger partial charge in [0.2, 0.25) is 10.0 Å². The highest BCUT2D eigenvalue weighted by Crippen LogP contribution is 2.32. The second-order valence-corrected chi connectivity index (χ2v) is 8.70. The van der Waals surface area contributed by atoms with E-state index in [1.54, 1.807) is 12.1 Å². The molecule has 148 valence electrons. The Morgan fingerprint density at radius 3 is 2.39 bits per heavy atom. The highest BCUT2D eigenvalue weighted by molar-refractivity contribution is 7.92. The van der Waals surface area contributed by atoms with Gasteiger partial charge in [0.15, 0.2) is 0 Å². The summed E-state index contributed by atoms with van der Waals surface area (Å²) >= 11 is 6.20. The Balaban J connectivity index is 1.82. The number of hydrogen-bond donors (Lipinski definition) is 1. The van der Waals surface area contributed by atoms with Crippen LogP contribution in [0.15, 0.2) is 42.5 Å². The number of benzene rings is 2. The van der Waals surface area contributed by atoms with Crippen molar-refractivity contribution in [2.45, 2.75) is 12.8 Å². The van der Waals surface area contributed by atoms with Crippen LogP contribution >= 0.6 is 11.6 Å². The normalized spacial score (nSPS) is 15.7. The van der Waals surface area contributed by atoms with Crippen LogP contribution in [0.25, 0.3) is 0 Å². The Morgan fingerprint density at radius 1 is 1.07 bits per heavy atom. The number of rotatable bonds is 4. The molecule has 2 aromatic carbocycles. The van der Waals surface area contributed by atoms with Gasteiger partial charge < -0.3 is 10.1 Å². The van der Waals surface area contributed by atoms with E-state index in [0.29, 0.717) is 29.9 Å². The van der Waals surface area contributed by atoms with Crippen LogP contribution in [0.2, 0.25) is 5.02 Å². The standard InChI is InChI=1S/C19H19ClN2O5S/c1-27-19(24)13-4-7-15(8-5-13)21-18(23)14-6-9-16(20)17(12-14)22-10-2-3-11-28(22,25)26/h4-9,12H,2-3,10-11H2,1H3,(H,21,23). The van der Waals surface area contributed by atoms with Crippen LogP contribution in [0.3, 0.4) is 0 Å². The summed E-state index contributed by atoms with van der Waals surface area (Å²) in [4.78, 5) is 24.0. The number of anilines is 2. The van der Waals surface area contributed by atoms with Crippen molar-refractivity contribution in [3.05, 3.63) is 58.6 Å². The minimum absolute atomic E-state index is 0.0618. The Morgan fingerprint density at radius 2 is 1.75 bits per heavy atom. The smallest absolute Gasteiger partial charge is 0.337 e. The fourth-order valence-corrected chi connectivity index (χ4v) is 4.83. The first-order valence-corrected chi connectivity index (χ1v) is 10.6. The lowest BCUT2D eigenvalue weighted by atomic mass is 10.1. The van der Waals surface area contributed by atoms with Gasteiger partial charge in [-0.05, 0) is 55.3 Å². The van der Waals surface area contributed by atoms with Crippen LogP contribution in [0.4, 0.5) is 11.4 Å². The fourth-order valence-electron chi connectivity index (χ4n) is 2.92. The molecule has 28 heavy (non-hydrogen) atoms. The summed E-state index contributed by atoms with van der Waals surface area (Å²) < 4.78 is 30.6. The number of sulfonamides is 1. The van der Waals surface area contributed by atoms with Gasteiger partial charge in [0, 0.05) is 17.8 Å². The molecule has 1 fully saturated rings. The van der Waals surface area contributed by atoms with Crippen molar-refractivity contribution in [3.8, 4) is 0 Å². The minimum atomic E-state index is -3.44. The molecule has 3 rings (SSSR count). The molecule has 1 heterocycles. The van der Waals surface area contributed by atoms with E-state index in [1.807, 2.05) is 0 Å². The van der Waals surface area contributed by atoms with E-state index in [0.717, 1.165) is 6.42 Å². The van der Waals surface area contributed by atoms with Crippen LogP contribution in [0, 0.1) is 0 Å². The predicted octanol–water partition coefficient (Wildman–Crippen LogP) is 3.31. The third kappa shape index (κ3) is 4.28. The first-order chi connectivity index (χ1) is 13.3. The van der Waals surface area contributed by atoms with Crippen molar-refractivity contribution in [2.75, 3.05) is 29.0 Å². The average Bonchev–Trinajstić information content (AvgIpc) is 2.68. The number of methoxy groups -OCH3 is 1. The van der Waals surface area contributed by atoms with Crippen LogP contribution in [-0.4, -0.2) is 39.7 Å². The number of amides is 1. The van der Waals surface area contributed by atoms with Crippen molar-refractivity contribution in [3.63, 3.8) is 0 Å². The van der Waals surface area contributed by atoms with Gasteiger partial charge in [-0.3, -0.25) is 9.10 Å². The summed E-state index contributed by atoms with van der Waals surface area (Å²) in [7, 11) is -2.15. The number of nitrogens with one attached hydrogen (secondary N) is 1. The zero-order valence-corrected chi connectivity index (χ0v) is 16.7. The lowest BCUT2D eigenvalue weighted by Gasteiger charge is -2.29. The number of esters is 1. The van der Waals surface area contributed by atoms with Gasteiger partial charge in [-0.25, -0.2) is 13.2 Å². The van der Waals surface area contributed by atoms with Crippen molar-refractivity contribution in [2.24, 2.45) is 0 Å². The SMILES string of the molecule is COC(=O)c1ccc(NC(=O)c2ccc(Cl)c(N3CCCCS3(=O)=O)c2)cc1. The minimum Gasteiger partial charge on any atom is -0.465 e. The number of nitrogens with zero attached hydrogens (tertiary/aromatic N) is 1. The summed E-state index contributed by atoms with van der Waals surface area (Å²) in [5.74, 6) is -0.826. The molecule has 1 aliphatic rings. The third-order valence-corrected chi connectivity index (χ3v) is 6.57. The highest BCUT2D eigenvalue weighted by Gasteiger charge is 2.28. The molecule has 9 heteroatoms. The molecular weight excluding hydrogens is 404 g/mol. The molecule has 1 aliphatic heterocycles. The van der Waals surface area contributed by atoms with Crippen molar-refractivity contribution < 1.29 is 22.7 Å². The van der Waals surface area contributed by atoms with Crippen LogP contribution in [-0.2, 0) is 14.8 Å². The molecular formula is C19H19ClN2O5S. The molecule has 0 atom stereocenters. The third-order valence-electron chi connectivity index (χ3n) is 4.39. The number of hydrogen-bond acceptors (Lipinski definition) is 5. The van der Waals surface area contributed by atoms with Gasteiger partial charge in [-0.1, -0.05) is 11.6 Å². The Bertz CT molecular complexity index is 1010. The molecule has 0 saturated carbocycles. The molecule has 7 nitrogen and oxygen atoms in total. The van der Waals surface area contributed by atoms with Crippen molar-refractivity contribution >= 4 is 44.9 Å². The highest BCUT2D eigenvalue weighted by atomic mass is 35.5. The van der Waals surface area contributed by atoms with E-state index >= 15 is 0 Å². The zero-order valence-electron chi connectivity index (χ0n) is 15.1. The van der Waals surface area contributed by atoms with E-state index in [-0.39, 0.29) is 16.3 Å². The topological polar surface area (TPSA) is 92.8 Å². The molecule has 1 saturated heterocycles. The molecule has 1 N–H and O–H groups in total. The van der Waals surface area contributed by atoms with Gasteiger partial charge in [-0.2, -0.15) is 0 Å². The largest absolute Gasteiger partial charge is 0.465 e. The van der Waals surface area contributed by atoms with Crippen molar-refractivity contribution in [1.82, 2.24) is 0 Å². The van der Waals surface area contributed by atoms with Gasteiger partial charge in [0.05, 0.1) is 29.1 Å². The lowest BCUT2D eigenvalue weighted by molar-refractivity contribution is 0.0600. The number of ether oxygens (including phenoxy) is 1. The van der Waals surface area contributed by atoms with Gasteiger partial charge >= 0.3 is 5.97 Å². The number of carbonyl (C=O) groups is 2. The molecule has 0 radical (unpaired) electrons. The molecule has 0 spiro atoms. The van der Waals surface area contributed by atoms with Gasteiger partial charge in [0.1, 0.15) is 0 Å². The Hall–Kier alpha value is -2.58. The van der Waals surface area contributed by atoms with Crippen LogP contribution in [0.1, 0.15) is 33.6 Å². The predicted molar refractivity (Wildman–Crippen MR) is 108 cm³/mol. The molecule has 0 aliphatic carbocycles. The molecule has 2 aromatic rings. The van der Waals surface area contributed by atoms with Crippen molar-refractivity contribution in [1.29, 1.82) is 0 Å². The quantitative estimate of drug-likeness (QED) is 0.763. The van der Waals surface area contributed by atoms with Crippen LogP contribution in [0.5, 0.6) is 0 Å². The van der Waals surface area contributed by atoms with Crippen LogP contribution < -0.4 is 9.62 Å². The molecule has 1 amide bonds. The maximum atomic E-state index is 12.6. The maximum absolute atomic E-state index is 12.6. The summed E-state index contributed by atoms with van der Waals surface area (Å²) in [6.07, 6.45) is 1.34. The second-order valence-electron chi connectivity index (χ2n) is 6.28. The monoisotopic (exact) mass is 422 g/mol. The van der Waals surface area contributed by atoms with E-state index in [9.17, 15) is 18.0 Å². The first-order valence-electron chi connectivity index (χ1n) is 8.61. The van der Waals surface area contributed by atoms with Gasteiger partial charge in [-0.15, -0.1) is 0 Å². The van der Waals surface area contributed by atoms with E-state index in [4.69, 9.17) is 11.6 Å². The Labute approximate surface area is 168 Å². The maximum Gasteiger partial charge on any atom is 0.337 e. The number of halogens is 1. The molecule has 0 aromatic heterocycles. The lowest BCUT2D eigenvalue weighted by Crippen LogP contribution is -2.38. The first kappa shape index (κ1) is 20.2. The summed E-state index contributed by atoms with van der Waals surface area (Å²) in [5.41, 5.74) is 1.43. The summed E-state index contributed by atoms with van der Waals surface area (Å²) in [6, 6.07) is 10.7. The Kier molecular flexibility index (Phi) is 5.90. The average molecular weight is 423 g/mol. The molecule has 0 bridgehead atoms. The van der Waals surface area contributed by atoms with E-state index in [2.05, 4.69) is 10.1 Å².